The predicted molar refractivity (Wildman–Crippen MR) is 86.8 cm³/mol. The van der Waals surface area contributed by atoms with Crippen molar-refractivity contribution in [2.45, 2.75) is 38.6 Å². The summed E-state index contributed by atoms with van der Waals surface area (Å²) in [6.45, 7) is 7.06. The zero-order valence-electron chi connectivity index (χ0n) is 13.1. The van der Waals surface area contributed by atoms with Gasteiger partial charge in [0.15, 0.2) is 0 Å². The van der Waals surface area contributed by atoms with Crippen molar-refractivity contribution in [1.82, 2.24) is 8.87 Å². The van der Waals surface area contributed by atoms with E-state index in [-0.39, 0.29) is 5.56 Å². The number of benzene rings is 1. The summed E-state index contributed by atoms with van der Waals surface area (Å²) in [4.78, 5) is 12.4. The lowest BCUT2D eigenvalue weighted by Crippen LogP contribution is -2.30. The Morgan fingerprint density at radius 3 is 2.50 bits per heavy atom. The van der Waals surface area contributed by atoms with Crippen LogP contribution in [0.3, 0.4) is 0 Å². The molecule has 22 heavy (non-hydrogen) atoms. The molecule has 1 aromatic heterocycles. The zero-order valence-corrected chi connectivity index (χ0v) is 13.9. The molecule has 0 unspecified atom stereocenters. The second-order valence-electron chi connectivity index (χ2n) is 5.64. The average Bonchev–Trinajstić information content (AvgIpc) is 2.90. The molecule has 0 aliphatic carbocycles. The SMILES string of the molecule is CCN(CC)S(=O)(=O)c1cc2c3c(c1)c(C)cc(=O)n3CC2. The van der Waals surface area contributed by atoms with Crippen LogP contribution in [0.4, 0.5) is 0 Å². The predicted octanol–water partition coefficient (Wildman–Crippen LogP) is 1.90. The zero-order chi connectivity index (χ0) is 16.1. The lowest BCUT2D eigenvalue weighted by atomic mass is 10.1. The van der Waals surface area contributed by atoms with Gasteiger partial charge in [-0.25, -0.2) is 8.42 Å². The highest BCUT2D eigenvalue weighted by Crippen LogP contribution is 2.30. The molecule has 0 saturated carbocycles. The number of pyridine rings is 1. The Labute approximate surface area is 130 Å². The summed E-state index contributed by atoms with van der Waals surface area (Å²) in [5, 5.41) is 0.861. The molecule has 0 spiro atoms. The molecule has 2 heterocycles. The third kappa shape index (κ3) is 2.09. The normalized spacial score (nSPS) is 14.2. The third-order valence-electron chi connectivity index (χ3n) is 4.41. The highest BCUT2D eigenvalue weighted by atomic mass is 32.2. The van der Waals surface area contributed by atoms with Gasteiger partial charge in [-0.2, -0.15) is 4.31 Å². The molecule has 6 heteroatoms. The van der Waals surface area contributed by atoms with Crippen molar-refractivity contribution in [1.29, 1.82) is 0 Å². The first-order valence-corrected chi connectivity index (χ1v) is 9.01. The number of rotatable bonds is 4. The van der Waals surface area contributed by atoms with Crippen molar-refractivity contribution >= 4 is 20.9 Å². The van der Waals surface area contributed by atoms with E-state index in [4.69, 9.17) is 0 Å². The molecule has 2 aromatic rings. The third-order valence-corrected chi connectivity index (χ3v) is 6.44. The van der Waals surface area contributed by atoms with Crippen LogP contribution >= 0.6 is 0 Å². The molecular formula is C16H20N2O3S. The number of aromatic nitrogens is 1. The molecule has 0 bridgehead atoms. The lowest BCUT2D eigenvalue weighted by Gasteiger charge is -2.19. The molecule has 1 aliphatic rings. The Hall–Kier alpha value is -1.66. The number of sulfonamides is 1. The topological polar surface area (TPSA) is 59.4 Å². The van der Waals surface area contributed by atoms with Crippen LogP contribution in [0.2, 0.25) is 0 Å². The molecule has 0 N–H and O–H groups in total. The molecule has 0 atom stereocenters. The molecule has 118 valence electrons. The fourth-order valence-electron chi connectivity index (χ4n) is 3.24. The molecule has 1 aliphatic heterocycles. The first kappa shape index (κ1) is 15.2. The summed E-state index contributed by atoms with van der Waals surface area (Å²) in [7, 11) is -3.48. The van der Waals surface area contributed by atoms with Crippen LogP contribution in [0.25, 0.3) is 10.9 Å². The minimum atomic E-state index is -3.48. The number of nitrogens with zero attached hydrogens (tertiary/aromatic N) is 2. The standard InChI is InChI=1S/C16H20N2O3S/c1-4-17(5-2)22(20,21)13-9-12-6-7-18-15(19)8-11(3)14(10-13)16(12)18/h8-10H,4-7H2,1-3H3. The highest BCUT2D eigenvalue weighted by Gasteiger charge is 2.25. The van der Waals surface area contributed by atoms with Crippen molar-refractivity contribution in [3.8, 4) is 0 Å². The fourth-order valence-corrected chi connectivity index (χ4v) is 4.78. The maximum Gasteiger partial charge on any atom is 0.251 e. The van der Waals surface area contributed by atoms with Crippen molar-refractivity contribution in [2.75, 3.05) is 13.1 Å². The Morgan fingerprint density at radius 2 is 1.86 bits per heavy atom. The van der Waals surface area contributed by atoms with E-state index in [1.165, 1.54) is 4.31 Å². The molecule has 3 rings (SSSR count). The molecule has 0 amide bonds. The summed E-state index contributed by atoms with van der Waals surface area (Å²) in [6, 6.07) is 5.03. The Kier molecular flexibility index (Phi) is 3.61. The maximum absolute atomic E-state index is 12.8. The van der Waals surface area contributed by atoms with Crippen molar-refractivity contribution in [3.05, 3.63) is 39.7 Å². The van der Waals surface area contributed by atoms with Crippen molar-refractivity contribution in [3.63, 3.8) is 0 Å². The van der Waals surface area contributed by atoms with E-state index in [0.717, 1.165) is 22.0 Å². The Bertz CT molecular complexity index is 909. The van der Waals surface area contributed by atoms with Gasteiger partial charge in [-0.15, -0.1) is 0 Å². The first-order valence-electron chi connectivity index (χ1n) is 7.57. The number of hydrogen-bond acceptors (Lipinski definition) is 3. The summed E-state index contributed by atoms with van der Waals surface area (Å²) < 4.78 is 28.7. The van der Waals surface area contributed by atoms with Gasteiger partial charge in [-0.3, -0.25) is 4.79 Å². The summed E-state index contributed by atoms with van der Waals surface area (Å²) >= 11 is 0. The van der Waals surface area contributed by atoms with Gasteiger partial charge < -0.3 is 4.57 Å². The minimum Gasteiger partial charge on any atom is -0.308 e. The van der Waals surface area contributed by atoms with Crippen LogP contribution in [-0.4, -0.2) is 30.4 Å². The van der Waals surface area contributed by atoms with Gasteiger partial charge in [-0.1, -0.05) is 13.8 Å². The monoisotopic (exact) mass is 320 g/mol. The van der Waals surface area contributed by atoms with Gasteiger partial charge in [0.05, 0.1) is 10.4 Å². The molecule has 1 aromatic carbocycles. The van der Waals surface area contributed by atoms with E-state index in [9.17, 15) is 13.2 Å². The van der Waals surface area contributed by atoms with Gasteiger partial charge in [0.2, 0.25) is 10.0 Å². The van der Waals surface area contributed by atoms with Crippen LogP contribution in [0.5, 0.6) is 0 Å². The van der Waals surface area contributed by atoms with Gasteiger partial charge in [0.1, 0.15) is 0 Å². The Morgan fingerprint density at radius 1 is 1.18 bits per heavy atom. The van der Waals surface area contributed by atoms with Crippen LogP contribution < -0.4 is 5.56 Å². The van der Waals surface area contributed by atoms with E-state index in [1.807, 2.05) is 20.8 Å². The van der Waals surface area contributed by atoms with Crippen LogP contribution in [0.1, 0.15) is 25.0 Å². The second kappa shape index (κ2) is 5.21. The molecular weight excluding hydrogens is 300 g/mol. The quantitative estimate of drug-likeness (QED) is 0.864. The van der Waals surface area contributed by atoms with Crippen LogP contribution in [-0.2, 0) is 23.0 Å². The average molecular weight is 320 g/mol. The van der Waals surface area contributed by atoms with Crippen LogP contribution in [0, 0.1) is 6.92 Å². The first-order chi connectivity index (χ1) is 10.4. The van der Waals surface area contributed by atoms with Gasteiger partial charge in [0.25, 0.3) is 5.56 Å². The lowest BCUT2D eigenvalue weighted by molar-refractivity contribution is 0.445. The van der Waals surface area contributed by atoms with Gasteiger partial charge >= 0.3 is 0 Å². The van der Waals surface area contributed by atoms with Gasteiger partial charge in [-0.05, 0) is 36.6 Å². The van der Waals surface area contributed by atoms with Crippen LogP contribution in [0.15, 0.2) is 27.9 Å². The number of hydrogen-bond donors (Lipinski definition) is 0. The van der Waals surface area contributed by atoms with Crippen molar-refractivity contribution < 1.29 is 8.42 Å². The molecule has 0 saturated heterocycles. The van der Waals surface area contributed by atoms with E-state index in [0.29, 0.717) is 31.0 Å². The second-order valence-corrected chi connectivity index (χ2v) is 7.57. The van der Waals surface area contributed by atoms with Crippen molar-refractivity contribution in [2.24, 2.45) is 0 Å². The van der Waals surface area contributed by atoms with E-state index < -0.39 is 10.0 Å². The number of aryl methyl sites for hydroxylation is 3. The summed E-state index contributed by atoms with van der Waals surface area (Å²) in [6.07, 6.45) is 0.705. The molecule has 0 radical (unpaired) electrons. The Balaban J connectivity index is 2.31. The highest BCUT2D eigenvalue weighted by molar-refractivity contribution is 7.89. The van der Waals surface area contributed by atoms with E-state index >= 15 is 0 Å². The minimum absolute atomic E-state index is 0.0110. The van der Waals surface area contributed by atoms with E-state index in [2.05, 4.69) is 0 Å². The smallest absolute Gasteiger partial charge is 0.251 e. The largest absolute Gasteiger partial charge is 0.308 e. The summed E-state index contributed by atoms with van der Waals surface area (Å²) in [5.41, 5.74) is 2.66. The maximum atomic E-state index is 12.8. The summed E-state index contributed by atoms with van der Waals surface area (Å²) in [5.74, 6) is 0. The van der Waals surface area contributed by atoms with Gasteiger partial charge in [0, 0.05) is 31.1 Å². The van der Waals surface area contributed by atoms with E-state index in [1.54, 1.807) is 22.8 Å². The molecule has 5 nitrogen and oxygen atoms in total. The fraction of sp³-hybridized carbons (Fsp3) is 0.438. The molecule has 0 fully saturated rings.